The zero-order valence-corrected chi connectivity index (χ0v) is 12.5. The molecular weight excluding hydrogens is 264 g/mol. The van der Waals surface area contributed by atoms with Crippen molar-refractivity contribution in [3.05, 3.63) is 29.3 Å². The number of hydrogen-bond donors (Lipinski definition) is 2. The molecule has 0 spiro atoms. The van der Waals surface area contributed by atoms with E-state index in [1.165, 1.54) is 6.07 Å². The number of aryl methyl sites for hydroxylation is 1. The van der Waals surface area contributed by atoms with Gasteiger partial charge in [-0.25, -0.2) is 13.6 Å². The molecule has 0 bridgehead atoms. The van der Waals surface area contributed by atoms with E-state index < -0.39 is 10.0 Å². The number of benzene rings is 1. The van der Waals surface area contributed by atoms with E-state index in [0.717, 1.165) is 6.42 Å². The van der Waals surface area contributed by atoms with E-state index in [1.807, 2.05) is 20.8 Å². The van der Waals surface area contributed by atoms with Crippen molar-refractivity contribution in [2.45, 2.75) is 44.6 Å². The van der Waals surface area contributed by atoms with Crippen LogP contribution < -0.4 is 10.5 Å². The molecule has 0 fully saturated rings. The van der Waals surface area contributed by atoms with E-state index in [1.54, 1.807) is 19.1 Å². The SMILES string of the molecule is CCC(C)(C)NC(=O)c1ccc(C)c(S(N)(=O)=O)c1. The third-order valence-electron chi connectivity index (χ3n) is 3.09. The van der Waals surface area contributed by atoms with Gasteiger partial charge in [-0.05, 0) is 44.9 Å². The van der Waals surface area contributed by atoms with Gasteiger partial charge < -0.3 is 5.32 Å². The highest BCUT2D eigenvalue weighted by atomic mass is 32.2. The van der Waals surface area contributed by atoms with E-state index in [4.69, 9.17) is 5.14 Å². The quantitative estimate of drug-likeness (QED) is 0.879. The Labute approximate surface area is 114 Å². The summed E-state index contributed by atoms with van der Waals surface area (Å²) in [5.41, 5.74) is 0.467. The van der Waals surface area contributed by atoms with Gasteiger partial charge in [0.15, 0.2) is 0 Å². The molecule has 3 N–H and O–H groups in total. The molecule has 5 nitrogen and oxygen atoms in total. The minimum absolute atomic E-state index is 0.0190. The Morgan fingerprint density at radius 2 is 1.95 bits per heavy atom. The summed E-state index contributed by atoms with van der Waals surface area (Å²) in [4.78, 5) is 12.0. The van der Waals surface area contributed by atoms with E-state index in [2.05, 4.69) is 5.32 Å². The van der Waals surface area contributed by atoms with Gasteiger partial charge in [-0.3, -0.25) is 4.79 Å². The molecule has 1 aromatic rings. The van der Waals surface area contributed by atoms with Crippen LogP contribution in [-0.4, -0.2) is 19.9 Å². The highest BCUT2D eigenvalue weighted by Gasteiger charge is 2.20. The van der Waals surface area contributed by atoms with Gasteiger partial charge >= 0.3 is 0 Å². The molecule has 0 unspecified atom stereocenters. The minimum atomic E-state index is -3.82. The van der Waals surface area contributed by atoms with Gasteiger partial charge in [-0.15, -0.1) is 0 Å². The monoisotopic (exact) mass is 284 g/mol. The first-order valence-electron chi connectivity index (χ1n) is 6.03. The first-order chi connectivity index (χ1) is 8.57. The number of hydrogen-bond acceptors (Lipinski definition) is 3. The zero-order chi connectivity index (χ0) is 14.8. The molecular formula is C13H20N2O3S. The Morgan fingerprint density at radius 1 is 1.37 bits per heavy atom. The van der Waals surface area contributed by atoms with Crippen molar-refractivity contribution in [3.63, 3.8) is 0 Å². The summed E-state index contributed by atoms with van der Waals surface area (Å²) >= 11 is 0. The van der Waals surface area contributed by atoms with Crippen molar-refractivity contribution in [1.29, 1.82) is 0 Å². The molecule has 0 heterocycles. The van der Waals surface area contributed by atoms with Gasteiger partial charge in [0.25, 0.3) is 5.91 Å². The van der Waals surface area contributed by atoms with Gasteiger partial charge in [0.05, 0.1) is 4.90 Å². The van der Waals surface area contributed by atoms with Gasteiger partial charge in [0.1, 0.15) is 0 Å². The molecule has 19 heavy (non-hydrogen) atoms. The average Bonchev–Trinajstić information content (AvgIpc) is 2.27. The molecule has 0 saturated heterocycles. The second kappa shape index (κ2) is 5.30. The largest absolute Gasteiger partial charge is 0.347 e. The number of sulfonamides is 1. The van der Waals surface area contributed by atoms with Crippen LogP contribution in [0.4, 0.5) is 0 Å². The Kier molecular flexibility index (Phi) is 4.37. The Balaban J connectivity index is 3.14. The van der Waals surface area contributed by atoms with Gasteiger partial charge in [0, 0.05) is 11.1 Å². The maximum absolute atomic E-state index is 12.1. The fraction of sp³-hybridized carbons (Fsp3) is 0.462. The third kappa shape index (κ3) is 4.04. The molecule has 6 heteroatoms. The summed E-state index contributed by atoms with van der Waals surface area (Å²) in [6.45, 7) is 7.40. The van der Waals surface area contributed by atoms with E-state index >= 15 is 0 Å². The summed E-state index contributed by atoms with van der Waals surface area (Å²) in [5, 5.41) is 7.97. The zero-order valence-electron chi connectivity index (χ0n) is 11.6. The summed E-state index contributed by atoms with van der Waals surface area (Å²) < 4.78 is 22.8. The van der Waals surface area contributed by atoms with Crippen LogP contribution in [0.2, 0.25) is 0 Å². The Bertz CT molecular complexity index is 592. The van der Waals surface area contributed by atoms with Gasteiger partial charge in [0.2, 0.25) is 10.0 Å². The number of nitrogens with two attached hydrogens (primary N) is 1. The van der Waals surface area contributed by atoms with Crippen molar-refractivity contribution in [1.82, 2.24) is 5.32 Å². The summed E-state index contributed by atoms with van der Waals surface area (Å²) in [6.07, 6.45) is 0.770. The first-order valence-corrected chi connectivity index (χ1v) is 7.57. The predicted molar refractivity (Wildman–Crippen MR) is 74.4 cm³/mol. The number of amides is 1. The third-order valence-corrected chi connectivity index (χ3v) is 4.15. The Morgan fingerprint density at radius 3 is 2.42 bits per heavy atom. The lowest BCUT2D eigenvalue weighted by Crippen LogP contribution is -2.42. The minimum Gasteiger partial charge on any atom is -0.347 e. The lowest BCUT2D eigenvalue weighted by Gasteiger charge is -2.24. The van der Waals surface area contributed by atoms with Crippen LogP contribution in [-0.2, 0) is 10.0 Å². The van der Waals surface area contributed by atoms with Crippen LogP contribution in [0.25, 0.3) is 0 Å². The normalized spacial score (nSPS) is 12.3. The topological polar surface area (TPSA) is 89.3 Å². The van der Waals surface area contributed by atoms with E-state index in [9.17, 15) is 13.2 Å². The van der Waals surface area contributed by atoms with Crippen molar-refractivity contribution >= 4 is 15.9 Å². The number of rotatable bonds is 4. The fourth-order valence-corrected chi connectivity index (χ4v) is 2.32. The number of primary sulfonamides is 1. The molecule has 106 valence electrons. The van der Waals surface area contributed by atoms with Gasteiger partial charge in [-0.1, -0.05) is 13.0 Å². The maximum Gasteiger partial charge on any atom is 0.251 e. The second-order valence-electron chi connectivity index (χ2n) is 5.22. The molecule has 0 aliphatic heterocycles. The van der Waals surface area contributed by atoms with Crippen LogP contribution in [0.5, 0.6) is 0 Å². The lowest BCUT2D eigenvalue weighted by molar-refractivity contribution is 0.0911. The predicted octanol–water partition coefficient (Wildman–Crippen LogP) is 1.56. The molecule has 1 aromatic carbocycles. The molecule has 0 aliphatic rings. The van der Waals surface area contributed by atoms with Crippen molar-refractivity contribution in [3.8, 4) is 0 Å². The van der Waals surface area contributed by atoms with Crippen LogP contribution in [0, 0.1) is 6.92 Å². The fourth-order valence-electron chi connectivity index (χ4n) is 1.52. The molecule has 1 rings (SSSR count). The van der Waals surface area contributed by atoms with E-state index in [0.29, 0.717) is 5.56 Å². The highest BCUT2D eigenvalue weighted by molar-refractivity contribution is 7.89. The van der Waals surface area contributed by atoms with Crippen LogP contribution in [0.3, 0.4) is 0 Å². The lowest BCUT2D eigenvalue weighted by atomic mass is 10.0. The number of carbonyl (C=O) groups excluding carboxylic acids is 1. The first kappa shape index (κ1) is 15.7. The van der Waals surface area contributed by atoms with Gasteiger partial charge in [-0.2, -0.15) is 0 Å². The smallest absolute Gasteiger partial charge is 0.251 e. The molecule has 0 aromatic heterocycles. The van der Waals surface area contributed by atoms with Crippen LogP contribution in [0.1, 0.15) is 43.1 Å². The molecule has 1 amide bonds. The molecule has 0 aliphatic carbocycles. The number of carbonyl (C=O) groups is 1. The standard InChI is InChI=1S/C13H20N2O3S/c1-5-13(3,4)15-12(16)10-7-6-9(2)11(8-10)19(14,17)18/h6-8H,5H2,1-4H3,(H,15,16)(H2,14,17,18). The molecule has 0 radical (unpaired) electrons. The second-order valence-corrected chi connectivity index (χ2v) is 6.75. The summed E-state index contributed by atoms with van der Waals surface area (Å²) in [6, 6.07) is 4.48. The molecule has 0 saturated carbocycles. The Hall–Kier alpha value is -1.40. The van der Waals surface area contributed by atoms with Crippen molar-refractivity contribution in [2.24, 2.45) is 5.14 Å². The molecule has 0 atom stereocenters. The van der Waals surface area contributed by atoms with Crippen LogP contribution in [0.15, 0.2) is 23.1 Å². The summed E-state index contributed by atoms with van der Waals surface area (Å²) in [5.74, 6) is -0.309. The van der Waals surface area contributed by atoms with Crippen molar-refractivity contribution in [2.75, 3.05) is 0 Å². The van der Waals surface area contributed by atoms with Crippen molar-refractivity contribution < 1.29 is 13.2 Å². The maximum atomic E-state index is 12.1. The van der Waals surface area contributed by atoms with E-state index in [-0.39, 0.29) is 21.9 Å². The number of nitrogens with one attached hydrogen (secondary N) is 1. The highest BCUT2D eigenvalue weighted by Crippen LogP contribution is 2.17. The van der Waals surface area contributed by atoms with Crippen LogP contribution >= 0.6 is 0 Å². The average molecular weight is 284 g/mol. The summed E-state index contributed by atoms with van der Waals surface area (Å²) in [7, 11) is -3.82.